The molecule has 0 atom stereocenters. The summed E-state index contributed by atoms with van der Waals surface area (Å²) in [6.45, 7) is 12.3. The zero-order valence-electron chi connectivity index (χ0n) is 22.8. The highest BCUT2D eigenvalue weighted by Gasteiger charge is 2.06. The molecule has 1 N–H and O–H groups in total. The third-order valence-electron chi connectivity index (χ3n) is 4.57. The van der Waals surface area contributed by atoms with Crippen LogP contribution in [0.1, 0.15) is 48.5 Å². The van der Waals surface area contributed by atoms with Crippen molar-refractivity contribution in [2.75, 3.05) is 0 Å². The Hall–Kier alpha value is -4.25. The Morgan fingerprint density at radius 3 is 1.16 bits per heavy atom. The molecule has 0 radical (unpaired) electrons. The van der Waals surface area contributed by atoms with Crippen LogP contribution in [0.3, 0.4) is 0 Å². The van der Waals surface area contributed by atoms with Crippen molar-refractivity contribution in [3.63, 3.8) is 0 Å². The minimum absolute atomic E-state index is 0.294. The fourth-order valence-corrected chi connectivity index (χ4v) is 2.38. The standard InChI is InChI=1S/C32H38O5/c1-24(16-10-18-26(3)20-12-22-28(5)31(34)35)14-8-9-15-25(2)17-11-19-27(4)21-13-23-29(6)32(36)37-30(7)33/h8-23H,1-7H3,(H,34,35)/b9-8+,16-10+,17-11+,20-12+,21-13+,24-14+,25-15+,26-18+,27-19+,28-22+,29-23+. The molecule has 37 heavy (non-hydrogen) atoms. The Morgan fingerprint density at radius 2 is 0.811 bits per heavy atom. The van der Waals surface area contributed by atoms with Gasteiger partial charge in [-0.2, -0.15) is 0 Å². The number of hydrogen-bond acceptors (Lipinski definition) is 4. The van der Waals surface area contributed by atoms with Crippen molar-refractivity contribution < 1.29 is 24.2 Å². The van der Waals surface area contributed by atoms with Gasteiger partial charge in [0.1, 0.15) is 0 Å². The van der Waals surface area contributed by atoms with Crippen LogP contribution in [0.25, 0.3) is 0 Å². The Kier molecular flexibility index (Phi) is 16.8. The van der Waals surface area contributed by atoms with Crippen LogP contribution in [0.4, 0.5) is 0 Å². The van der Waals surface area contributed by atoms with Crippen LogP contribution in [0.5, 0.6) is 0 Å². The van der Waals surface area contributed by atoms with Crippen LogP contribution < -0.4 is 0 Å². The Balaban J connectivity index is 4.82. The van der Waals surface area contributed by atoms with Crippen molar-refractivity contribution >= 4 is 17.9 Å². The molecule has 0 unspecified atom stereocenters. The lowest BCUT2D eigenvalue weighted by Gasteiger charge is -1.97. The average molecular weight is 503 g/mol. The van der Waals surface area contributed by atoms with Gasteiger partial charge in [-0.25, -0.2) is 9.59 Å². The highest BCUT2D eigenvalue weighted by Crippen LogP contribution is 2.04. The summed E-state index contributed by atoms with van der Waals surface area (Å²) < 4.78 is 4.52. The number of allylic oxidation sites excluding steroid dienone is 20. The molecular weight excluding hydrogens is 464 g/mol. The maximum atomic E-state index is 11.5. The van der Waals surface area contributed by atoms with E-state index < -0.39 is 17.9 Å². The van der Waals surface area contributed by atoms with Crippen LogP contribution in [-0.2, 0) is 19.1 Å². The molecule has 0 aliphatic heterocycles. The smallest absolute Gasteiger partial charge is 0.341 e. The number of rotatable bonds is 12. The van der Waals surface area contributed by atoms with Crippen molar-refractivity contribution in [3.05, 3.63) is 131 Å². The number of carbonyl (C=O) groups is 3. The van der Waals surface area contributed by atoms with Crippen LogP contribution in [-0.4, -0.2) is 23.0 Å². The van der Waals surface area contributed by atoms with Crippen LogP contribution >= 0.6 is 0 Å². The zero-order valence-corrected chi connectivity index (χ0v) is 22.8. The van der Waals surface area contributed by atoms with E-state index in [0.29, 0.717) is 11.1 Å². The molecule has 0 aromatic carbocycles. The maximum absolute atomic E-state index is 11.5. The van der Waals surface area contributed by atoms with Crippen molar-refractivity contribution in [2.24, 2.45) is 0 Å². The van der Waals surface area contributed by atoms with Gasteiger partial charge in [0.05, 0.1) is 0 Å². The summed E-state index contributed by atoms with van der Waals surface area (Å²) in [6, 6.07) is 0. The molecule has 0 aliphatic rings. The highest BCUT2D eigenvalue weighted by atomic mass is 16.6. The van der Waals surface area contributed by atoms with Crippen molar-refractivity contribution in [3.8, 4) is 0 Å². The molecule has 0 heterocycles. The molecule has 0 aromatic rings. The Bertz CT molecular complexity index is 1150. The van der Waals surface area contributed by atoms with Crippen molar-refractivity contribution in [1.82, 2.24) is 0 Å². The second-order valence-corrected chi connectivity index (χ2v) is 8.35. The van der Waals surface area contributed by atoms with E-state index in [9.17, 15) is 14.4 Å². The van der Waals surface area contributed by atoms with Gasteiger partial charge >= 0.3 is 17.9 Å². The largest absolute Gasteiger partial charge is 0.478 e. The molecule has 0 saturated heterocycles. The van der Waals surface area contributed by atoms with E-state index in [1.54, 1.807) is 38.2 Å². The van der Waals surface area contributed by atoms with E-state index in [2.05, 4.69) is 4.74 Å². The molecule has 0 aromatic heterocycles. The van der Waals surface area contributed by atoms with Gasteiger partial charge < -0.3 is 9.84 Å². The topological polar surface area (TPSA) is 80.7 Å². The molecule has 0 amide bonds. The van der Waals surface area contributed by atoms with E-state index >= 15 is 0 Å². The van der Waals surface area contributed by atoms with Crippen molar-refractivity contribution in [1.29, 1.82) is 0 Å². The van der Waals surface area contributed by atoms with E-state index in [-0.39, 0.29) is 0 Å². The summed E-state index contributed by atoms with van der Waals surface area (Å²) >= 11 is 0. The fraction of sp³-hybridized carbons (Fsp3) is 0.219. The molecule has 0 aliphatic carbocycles. The Morgan fingerprint density at radius 1 is 0.486 bits per heavy atom. The quantitative estimate of drug-likeness (QED) is 0.128. The van der Waals surface area contributed by atoms with Gasteiger partial charge in [0.2, 0.25) is 0 Å². The molecule has 0 rings (SSSR count). The second kappa shape index (κ2) is 19.0. The maximum Gasteiger partial charge on any atom is 0.341 e. The van der Waals surface area contributed by atoms with E-state index in [4.69, 9.17) is 5.11 Å². The molecule has 0 spiro atoms. The summed E-state index contributed by atoms with van der Waals surface area (Å²) in [5.41, 5.74) is 4.84. The van der Waals surface area contributed by atoms with E-state index in [1.165, 1.54) is 6.92 Å². The lowest BCUT2D eigenvalue weighted by atomic mass is 10.2. The lowest BCUT2D eigenvalue weighted by Crippen LogP contribution is -2.09. The predicted octanol–water partition coefficient (Wildman–Crippen LogP) is 7.62. The van der Waals surface area contributed by atoms with Crippen LogP contribution in [0.2, 0.25) is 0 Å². The number of carboxylic acids is 1. The number of carboxylic acid groups (broad SMARTS) is 1. The van der Waals surface area contributed by atoms with Gasteiger partial charge in [-0.1, -0.05) is 120 Å². The van der Waals surface area contributed by atoms with Gasteiger partial charge in [0.25, 0.3) is 0 Å². The molecule has 0 fully saturated rings. The zero-order chi connectivity index (χ0) is 28.2. The average Bonchev–Trinajstić information content (AvgIpc) is 2.81. The van der Waals surface area contributed by atoms with Gasteiger partial charge in [-0.15, -0.1) is 0 Å². The second-order valence-electron chi connectivity index (χ2n) is 8.35. The molecule has 0 bridgehead atoms. The normalized spacial score (nSPS) is 15.2. The summed E-state index contributed by atoms with van der Waals surface area (Å²) in [7, 11) is 0. The minimum atomic E-state index is -0.920. The van der Waals surface area contributed by atoms with Gasteiger partial charge in [0, 0.05) is 18.1 Å². The number of ether oxygens (including phenoxy) is 1. The first-order valence-corrected chi connectivity index (χ1v) is 11.8. The molecule has 0 saturated carbocycles. The lowest BCUT2D eigenvalue weighted by molar-refractivity contribution is -0.155. The van der Waals surface area contributed by atoms with Crippen LogP contribution in [0.15, 0.2) is 131 Å². The van der Waals surface area contributed by atoms with E-state index in [1.807, 2.05) is 101 Å². The summed E-state index contributed by atoms with van der Waals surface area (Å²) in [6.07, 6.45) is 30.1. The van der Waals surface area contributed by atoms with Crippen molar-refractivity contribution in [2.45, 2.75) is 48.5 Å². The predicted molar refractivity (Wildman–Crippen MR) is 153 cm³/mol. The monoisotopic (exact) mass is 502 g/mol. The molecule has 5 heteroatoms. The summed E-state index contributed by atoms with van der Waals surface area (Å²) in [5.74, 6) is -2.19. The van der Waals surface area contributed by atoms with Gasteiger partial charge in [0.15, 0.2) is 0 Å². The summed E-state index contributed by atoms with van der Waals surface area (Å²) in [4.78, 5) is 33.1. The molecular formula is C32H38O5. The Labute approximate surface area is 221 Å². The summed E-state index contributed by atoms with van der Waals surface area (Å²) in [5, 5.41) is 8.83. The molecule has 5 nitrogen and oxygen atoms in total. The first-order chi connectivity index (χ1) is 17.4. The number of aliphatic carboxylic acids is 1. The third-order valence-corrected chi connectivity index (χ3v) is 4.57. The first-order valence-electron chi connectivity index (χ1n) is 11.8. The van der Waals surface area contributed by atoms with E-state index in [0.717, 1.165) is 22.3 Å². The SMILES string of the molecule is CC(=O)OC(=O)/C(C)=C/C=C/C(C)=C/C=C/C(C)=C/C=C/C=C(C)/C=C/C=C(C)/C=C/C=C(\C)C(=O)O. The number of esters is 2. The third kappa shape index (κ3) is 18.7. The molecule has 196 valence electrons. The first kappa shape index (κ1) is 32.8. The fourth-order valence-electron chi connectivity index (χ4n) is 2.38. The van der Waals surface area contributed by atoms with Gasteiger partial charge in [-0.05, 0) is 41.5 Å². The highest BCUT2D eigenvalue weighted by molar-refractivity contribution is 5.95. The van der Waals surface area contributed by atoms with Gasteiger partial charge in [-0.3, -0.25) is 4.79 Å². The number of hydrogen-bond donors (Lipinski definition) is 1. The minimum Gasteiger partial charge on any atom is -0.478 e. The number of carbonyl (C=O) groups excluding carboxylic acids is 2. The van der Waals surface area contributed by atoms with Crippen LogP contribution in [0, 0.1) is 0 Å².